The van der Waals surface area contributed by atoms with Crippen LogP contribution in [-0.4, -0.2) is 49.6 Å². The maximum Gasteiger partial charge on any atom is 0.332 e. The summed E-state index contributed by atoms with van der Waals surface area (Å²) in [5, 5.41) is 17.7. The monoisotopic (exact) mass is 508 g/mol. The zero-order chi connectivity index (χ0) is 15.8. The fourth-order valence-corrected chi connectivity index (χ4v) is 2.66. The zero-order valence-electron chi connectivity index (χ0n) is 14.5. The molecule has 0 heterocycles. The second kappa shape index (κ2) is 19.4. The number of carbonyl (C=O) groups is 1. The van der Waals surface area contributed by atoms with E-state index in [0.29, 0.717) is 6.42 Å². The topological polar surface area (TPSA) is 57.5 Å². The second-order valence-corrected chi connectivity index (χ2v) is 6.24. The molecule has 4 radical (unpaired) electrons. The molecular weight excluding hydrogens is 471 g/mol. The fourth-order valence-electron chi connectivity index (χ4n) is 2.66. The van der Waals surface area contributed by atoms with E-state index in [9.17, 15) is 4.79 Å². The number of rotatable bonds is 16. The van der Waals surface area contributed by atoms with Crippen molar-refractivity contribution < 1.29 is 15.0 Å². The Labute approximate surface area is 157 Å². The predicted octanol–water partition coefficient (Wildman–Crippen LogP) is 4.92. The van der Waals surface area contributed by atoms with Crippen molar-refractivity contribution in [2.45, 2.75) is 109 Å². The molecular formula is C18H36O3Pb. The molecule has 0 bridgehead atoms. The maximum atomic E-state index is 10.4. The molecule has 0 aromatic heterocycles. The first-order valence-electron chi connectivity index (χ1n) is 9.09. The maximum absolute atomic E-state index is 10.4. The summed E-state index contributed by atoms with van der Waals surface area (Å²) in [6.45, 7) is 2.26. The Hall–Kier alpha value is 0.352. The van der Waals surface area contributed by atoms with Gasteiger partial charge >= 0.3 is 5.97 Å². The number of carboxylic acids is 1. The predicted molar refractivity (Wildman–Crippen MR) is 94.3 cm³/mol. The first-order valence-corrected chi connectivity index (χ1v) is 9.09. The van der Waals surface area contributed by atoms with Gasteiger partial charge in [0.25, 0.3) is 0 Å². The van der Waals surface area contributed by atoms with Gasteiger partial charge in [0.05, 0.1) is 0 Å². The number of aliphatic carboxylic acids is 1. The van der Waals surface area contributed by atoms with E-state index in [-0.39, 0.29) is 27.3 Å². The molecule has 2 N–H and O–H groups in total. The van der Waals surface area contributed by atoms with E-state index >= 15 is 0 Å². The van der Waals surface area contributed by atoms with Crippen molar-refractivity contribution in [1.29, 1.82) is 0 Å². The molecule has 0 aliphatic heterocycles. The van der Waals surface area contributed by atoms with Crippen molar-refractivity contribution in [2.24, 2.45) is 0 Å². The van der Waals surface area contributed by atoms with Crippen LogP contribution in [0, 0.1) is 0 Å². The van der Waals surface area contributed by atoms with E-state index in [0.717, 1.165) is 12.8 Å². The standard InChI is InChI=1S/C18H36O3.Pb/c1-2-3-4-5-6-7-8-9-10-11-12-13-14-15-16-17(19)18(20)21;/h17,19H,2-16H2,1H3,(H,20,21);. The minimum Gasteiger partial charge on any atom is -0.479 e. The van der Waals surface area contributed by atoms with Gasteiger partial charge in [-0.2, -0.15) is 0 Å². The Kier molecular flexibility index (Phi) is 21.7. The second-order valence-electron chi connectivity index (χ2n) is 6.24. The van der Waals surface area contributed by atoms with Gasteiger partial charge in [-0.1, -0.05) is 96.8 Å². The molecule has 0 aromatic carbocycles. The summed E-state index contributed by atoms with van der Waals surface area (Å²) < 4.78 is 0. The smallest absolute Gasteiger partial charge is 0.332 e. The number of carboxylic acid groups (broad SMARTS) is 1. The van der Waals surface area contributed by atoms with E-state index in [4.69, 9.17) is 10.2 Å². The van der Waals surface area contributed by atoms with Crippen LogP contribution in [-0.2, 0) is 4.79 Å². The molecule has 0 aromatic rings. The van der Waals surface area contributed by atoms with Crippen LogP contribution in [0.1, 0.15) is 103 Å². The Balaban J connectivity index is 0. The first kappa shape index (κ1) is 24.6. The number of hydrogen-bond acceptors (Lipinski definition) is 2. The zero-order valence-corrected chi connectivity index (χ0v) is 18.4. The number of aliphatic hydroxyl groups excluding tert-OH is 1. The molecule has 4 heteroatoms. The molecule has 0 spiro atoms. The van der Waals surface area contributed by atoms with Crippen LogP contribution in [0.2, 0.25) is 0 Å². The van der Waals surface area contributed by atoms with Gasteiger partial charge in [0.1, 0.15) is 0 Å². The van der Waals surface area contributed by atoms with Gasteiger partial charge in [-0.3, -0.25) is 0 Å². The van der Waals surface area contributed by atoms with Crippen LogP contribution in [0.3, 0.4) is 0 Å². The normalized spacial score (nSPS) is 11.9. The van der Waals surface area contributed by atoms with Crippen LogP contribution >= 0.6 is 0 Å². The van der Waals surface area contributed by atoms with E-state index in [2.05, 4.69) is 6.92 Å². The van der Waals surface area contributed by atoms with Gasteiger partial charge in [0.2, 0.25) is 0 Å². The molecule has 1 unspecified atom stereocenters. The van der Waals surface area contributed by atoms with Crippen molar-refractivity contribution in [3.8, 4) is 0 Å². The third-order valence-electron chi connectivity index (χ3n) is 4.12. The summed E-state index contributed by atoms with van der Waals surface area (Å²) in [5.41, 5.74) is 0. The molecule has 0 aliphatic rings. The summed E-state index contributed by atoms with van der Waals surface area (Å²) >= 11 is 0. The number of hydrogen-bond donors (Lipinski definition) is 2. The molecule has 0 fully saturated rings. The summed E-state index contributed by atoms with van der Waals surface area (Å²) in [5.74, 6) is -1.09. The molecule has 0 aliphatic carbocycles. The fraction of sp³-hybridized carbons (Fsp3) is 0.944. The van der Waals surface area contributed by atoms with E-state index in [1.165, 1.54) is 77.0 Å². The van der Waals surface area contributed by atoms with E-state index < -0.39 is 12.1 Å². The minimum absolute atomic E-state index is 0. The summed E-state index contributed by atoms with van der Waals surface area (Å²) in [4.78, 5) is 10.4. The van der Waals surface area contributed by atoms with Crippen LogP contribution in [0.5, 0.6) is 0 Å². The molecule has 3 nitrogen and oxygen atoms in total. The summed E-state index contributed by atoms with van der Waals surface area (Å²) in [7, 11) is 0. The van der Waals surface area contributed by atoms with Crippen LogP contribution < -0.4 is 0 Å². The third-order valence-corrected chi connectivity index (χ3v) is 4.12. The molecule has 0 rings (SSSR count). The Bertz CT molecular complexity index is 234. The van der Waals surface area contributed by atoms with Gasteiger partial charge < -0.3 is 10.2 Å². The van der Waals surface area contributed by atoms with Gasteiger partial charge in [-0.25, -0.2) is 4.79 Å². The molecule has 130 valence electrons. The average Bonchev–Trinajstić information content (AvgIpc) is 2.47. The van der Waals surface area contributed by atoms with E-state index in [1.807, 2.05) is 0 Å². The van der Waals surface area contributed by atoms with Gasteiger partial charge in [-0.05, 0) is 6.42 Å². The molecule has 0 saturated heterocycles. The summed E-state index contributed by atoms with van der Waals surface area (Å²) in [6, 6.07) is 0. The van der Waals surface area contributed by atoms with Gasteiger partial charge in [-0.15, -0.1) is 0 Å². The Morgan fingerprint density at radius 2 is 1.05 bits per heavy atom. The largest absolute Gasteiger partial charge is 0.479 e. The quantitative estimate of drug-likeness (QED) is 0.230. The summed E-state index contributed by atoms with van der Waals surface area (Å²) in [6.07, 6.45) is 17.3. The van der Waals surface area contributed by atoms with Crippen LogP contribution in [0.4, 0.5) is 0 Å². The Morgan fingerprint density at radius 3 is 1.36 bits per heavy atom. The van der Waals surface area contributed by atoms with Crippen LogP contribution in [0.25, 0.3) is 0 Å². The first-order chi connectivity index (χ1) is 10.2. The van der Waals surface area contributed by atoms with Crippen molar-refractivity contribution in [1.82, 2.24) is 0 Å². The van der Waals surface area contributed by atoms with Gasteiger partial charge in [0, 0.05) is 27.3 Å². The van der Waals surface area contributed by atoms with E-state index in [1.54, 1.807) is 0 Å². The molecule has 0 saturated carbocycles. The van der Waals surface area contributed by atoms with Crippen LogP contribution in [0.15, 0.2) is 0 Å². The third kappa shape index (κ3) is 18.4. The molecule has 1 atom stereocenters. The average molecular weight is 508 g/mol. The van der Waals surface area contributed by atoms with Crippen molar-refractivity contribution in [3.05, 3.63) is 0 Å². The Morgan fingerprint density at radius 1 is 0.727 bits per heavy atom. The number of unbranched alkanes of at least 4 members (excludes halogenated alkanes) is 13. The number of aliphatic hydroxyl groups is 1. The van der Waals surface area contributed by atoms with Crippen molar-refractivity contribution >= 4 is 33.3 Å². The SMILES string of the molecule is CCCCCCCCCCCCCCCCC(O)C(=O)O.[Pb]. The van der Waals surface area contributed by atoms with Crippen molar-refractivity contribution in [2.75, 3.05) is 0 Å². The van der Waals surface area contributed by atoms with Crippen molar-refractivity contribution in [3.63, 3.8) is 0 Å². The molecule has 0 amide bonds. The minimum atomic E-state index is -1.16. The van der Waals surface area contributed by atoms with Gasteiger partial charge in [0.15, 0.2) is 6.10 Å². The molecule has 22 heavy (non-hydrogen) atoms.